The van der Waals surface area contributed by atoms with E-state index in [-0.39, 0.29) is 5.24 Å². The number of hydrogen-bond acceptors (Lipinski definition) is 2. The highest BCUT2D eigenvalue weighted by atomic mass is 32.2. The average molecular weight is 115 g/mol. The second kappa shape index (κ2) is 0.968. The Morgan fingerprint density at radius 3 is 3.00 bits per heavy atom. The van der Waals surface area contributed by atoms with Crippen molar-refractivity contribution in [3.8, 4) is 0 Å². The zero-order chi connectivity index (χ0) is 4.85. The number of carbonyl (C=O) groups excluding carboxylic acids is 1. The van der Waals surface area contributed by atoms with E-state index in [9.17, 15) is 4.79 Å². The van der Waals surface area contributed by atoms with Gasteiger partial charge in [-0.2, -0.15) is 0 Å². The predicted molar refractivity (Wildman–Crippen MR) is 28.3 cm³/mol. The third-order valence-corrected chi connectivity index (χ3v) is 2.45. The standard InChI is InChI=1S/C4H5NOS/c6-4-5-2-1-3(2)7-4/h2-3H,1H2,(H,5,6). The van der Waals surface area contributed by atoms with Crippen molar-refractivity contribution in [1.82, 2.24) is 5.32 Å². The van der Waals surface area contributed by atoms with Gasteiger partial charge >= 0.3 is 0 Å². The molecule has 2 aliphatic rings. The van der Waals surface area contributed by atoms with Gasteiger partial charge in [-0.05, 0) is 6.42 Å². The molecule has 2 rings (SSSR count). The molecule has 2 nitrogen and oxygen atoms in total. The second-order valence-corrected chi connectivity index (χ2v) is 3.14. The summed E-state index contributed by atoms with van der Waals surface area (Å²) in [6.07, 6.45) is 1.20. The van der Waals surface area contributed by atoms with E-state index in [0.29, 0.717) is 11.3 Å². The summed E-state index contributed by atoms with van der Waals surface area (Å²) in [4.78, 5) is 10.3. The van der Waals surface area contributed by atoms with Crippen LogP contribution in [0.3, 0.4) is 0 Å². The van der Waals surface area contributed by atoms with Gasteiger partial charge in [0.15, 0.2) is 0 Å². The number of carbonyl (C=O) groups is 1. The molecule has 0 spiro atoms. The molecule has 7 heavy (non-hydrogen) atoms. The van der Waals surface area contributed by atoms with Gasteiger partial charge in [-0.1, -0.05) is 11.8 Å². The van der Waals surface area contributed by atoms with Crippen LogP contribution in [0.1, 0.15) is 6.42 Å². The summed E-state index contributed by atoms with van der Waals surface area (Å²) in [5.41, 5.74) is 0. The molecular formula is C4H5NOS. The maximum atomic E-state index is 10.3. The quantitative estimate of drug-likeness (QED) is 0.500. The third-order valence-electron chi connectivity index (χ3n) is 1.29. The fourth-order valence-electron chi connectivity index (χ4n) is 0.777. The Balaban J connectivity index is 2.14. The average Bonchev–Trinajstić information content (AvgIpc) is 2.15. The molecule has 2 unspecified atom stereocenters. The molecule has 0 aromatic heterocycles. The molecule has 0 radical (unpaired) electrons. The zero-order valence-corrected chi connectivity index (χ0v) is 4.49. The van der Waals surface area contributed by atoms with Crippen LogP contribution in [-0.2, 0) is 0 Å². The van der Waals surface area contributed by atoms with Gasteiger partial charge in [0.25, 0.3) is 5.24 Å². The molecule has 1 heterocycles. The molecule has 1 aliphatic heterocycles. The van der Waals surface area contributed by atoms with Gasteiger partial charge in [-0.25, -0.2) is 0 Å². The molecule has 1 amide bonds. The van der Waals surface area contributed by atoms with E-state index in [2.05, 4.69) is 5.32 Å². The largest absolute Gasteiger partial charge is 0.343 e. The van der Waals surface area contributed by atoms with Gasteiger partial charge in [-0.15, -0.1) is 0 Å². The smallest absolute Gasteiger partial charge is 0.279 e. The minimum Gasteiger partial charge on any atom is -0.343 e. The molecule has 38 valence electrons. The van der Waals surface area contributed by atoms with Gasteiger partial charge in [-0.3, -0.25) is 4.79 Å². The lowest BCUT2D eigenvalue weighted by Crippen LogP contribution is -2.14. The lowest BCUT2D eigenvalue weighted by molar-refractivity contribution is 0.261. The van der Waals surface area contributed by atoms with Crippen LogP contribution in [0, 0.1) is 0 Å². The van der Waals surface area contributed by atoms with Crippen LogP contribution in [0.2, 0.25) is 0 Å². The molecule has 0 bridgehead atoms. The second-order valence-electron chi connectivity index (χ2n) is 1.93. The SMILES string of the molecule is O=C1NC2CC2S1. The maximum absolute atomic E-state index is 10.3. The number of thioether (sulfide) groups is 1. The van der Waals surface area contributed by atoms with Crippen molar-refractivity contribution in [3.05, 3.63) is 0 Å². The lowest BCUT2D eigenvalue weighted by atomic mass is 10.7. The van der Waals surface area contributed by atoms with Gasteiger partial charge in [0.05, 0.1) is 0 Å². The summed E-state index contributed by atoms with van der Waals surface area (Å²) < 4.78 is 0. The Hall–Kier alpha value is -0.180. The molecule has 1 saturated heterocycles. The first-order chi connectivity index (χ1) is 3.36. The zero-order valence-electron chi connectivity index (χ0n) is 3.68. The van der Waals surface area contributed by atoms with Crippen LogP contribution in [-0.4, -0.2) is 16.5 Å². The van der Waals surface area contributed by atoms with Crippen LogP contribution in [0.4, 0.5) is 4.79 Å². The van der Waals surface area contributed by atoms with Crippen molar-refractivity contribution in [3.63, 3.8) is 0 Å². The van der Waals surface area contributed by atoms with E-state index >= 15 is 0 Å². The van der Waals surface area contributed by atoms with Crippen molar-refractivity contribution < 1.29 is 4.79 Å². The van der Waals surface area contributed by atoms with Gasteiger partial charge in [0.1, 0.15) is 0 Å². The number of amides is 1. The van der Waals surface area contributed by atoms with E-state index in [4.69, 9.17) is 0 Å². The topological polar surface area (TPSA) is 29.1 Å². The molecule has 1 N–H and O–H groups in total. The summed E-state index contributed by atoms with van der Waals surface area (Å²) in [6, 6.07) is 0.553. The van der Waals surface area contributed by atoms with Crippen LogP contribution in [0.15, 0.2) is 0 Å². The van der Waals surface area contributed by atoms with Crippen LogP contribution in [0.25, 0.3) is 0 Å². The summed E-state index contributed by atoms with van der Waals surface area (Å²) in [6.45, 7) is 0. The fourth-order valence-corrected chi connectivity index (χ4v) is 1.81. The summed E-state index contributed by atoms with van der Waals surface area (Å²) in [7, 11) is 0. The Morgan fingerprint density at radius 1 is 1.86 bits per heavy atom. The number of fused-ring (bicyclic) bond motifs is 1. The number of hydrogen-bond donors (Lipinski definition) is 1. The Labute approximate surface area is 45.7 Å². The maximum Gasteiger partial charge on any atom is 0.279 e. The predicted octanol–water partition coefficient (Wildman–Crippen LogP) is 0.584. The number of rotatable bonds is 0. The summed E-state index contributed by atoms with van der Waals surface area (Å²) in [5.74, 6) is 0. The molecule has 1 saturated carbocycles. The van der Waals surface area contributed by atoms with Crippen LogP contribution < -0.4 is 5.32 Å². The van der Waals surface area contributed by atoms with Crippen LogP contribution in [0.5, 0.6) is 0 Å². The Morgan fingerprint density at radius 2 is 2.71 bits per heavy atom. The van der Waals surface area contributed by atoms with Crippen molar-refractivity contribution >= 4 is 17.0 Å². The van der Waals surface area contributed by atoms with Crippen molar-refractivity contribution in [2.45, 2.75) is 17.7 Å². The van der Waals surface area contributed by atoms with E-state index < -0.39 is 0 Å². The van der Waals surface area contributed by atoms with E-state index in [1.54, 1.807) is 0 Å². The van der Waals surface area contributed by atoms with Crippen LogP contribution >= 0.6 is 11.8 Å². The van der Waals surface area contributed by atoms with Gasteiger partial charge < -0.3 is 5.32 Å². The fraction of sp³-hybridized carbons (Fsp3) is 0.750. The molecule has 0 aromatic rings. The molecule has 3 heteroatoms. The molecule has 0 aromatic carbocycles. The minimum absolute atomic E-state index is 0.168. The normalized spacial score (nSPS) is 45.4. The summed E-state index contributed by atoms with van der Waals surface area (Å²) in [5, 5.41) is 3.63. The van der Waals surface area contributed by atoms with Gasteiger partial charge in [0, 0.05) is 11.3 Å². The summed E-state index contributed by atoms with van der Waals surface area (Å²) >= 11 is 1.44. The Bertz CT molecular complexity index is 113. The number of nitrogens with one attached hydrogen (secondary N) is 1. The van der Waals surface area contributed by atoms with Crippen molar-refractivity contribution in [2.75, 3.05) is 0 Å². The Kier molecular flexibility index (Phi) is 0.522. The van der Waals surface area contributed by atoms with E-state index in [1.807, 2.05) is 0 Å². The third kappa shape index (κ3) is 0.445. The first kappa shape index (κ1) is 3.78. The first-order valence-electron chi connectivity index (χ1n) is 2.33. The van der Waals surface area contributed by atoms with Crippen molar-refractivity contribution in [1.29, 1.82) is 0 Å². The molecule has 2 atom stereocenters. The van der Waals surface area contributed by atoms with E-state index in [0.717, 1.165) is 0 Å². The monoisotopic (exact) mass is 115 g/mol. The minimum atomic E-state index is 0.168. The molecule has 1 aliphatic carbocycles. The highest BCUT2D eigenvalue weighted by molar-refractivity contribution is 8.14. The highest BCUT2D eigenvalue weighted by Crippen LogP contribution is 2.40. The first-order valence-corrected chi connectivity index (χ1v) is 3.21. The lowest BCUT2D eigenvalue weighted by Gasteiger charge is -1.87. The molecule has 2 fully saturated rings. The van der Waals surface area contributed by atoms with Gasteiger partial charge in [0.2, 0.25) is 0 Å². The van der Waals surface area contributed by atoms with E-state index in [1.165, 1.54) is 18.2 Å². The van der Waals surface area contributed by atoms with Crippen molar-refractivity contribution in [2.24, 2.45) is 0 Å². The molecular weight excluding hydrogens is 110 g/mol. The highest BCUT2D eigenvalue weighted by Gasteiger charge is 2.46.